The third-order valence-electron chi connectivity index (χ3n) is 7.85. The van der Waals surface area contributed by atoms with E-state index in [1.165, 1.54) is 37.3 Å². The first-order valence-electron chi connectivity index (χ1n) is 11.5. The number of anilines is 1. The van der Waals surface area contributed by atoms with Crippen LogP contribution in [0.5, 0.6) is 5.75 Å². The van der Waals surface area contributed by atoms with Crippen LogP contribution in [0.1, 0.15) is 42.7 Å². The lowest BCUT2D eigenvalue weighted by atomic mass is 9.93. The molecule has 2 saturated carbocycles. The van der Waals surface area contributed by atoms with Gasteiger partial charge in [-0.15, -0.1) is 0 Å². The summed E-state index contributed by atoms with van der Waals surface area (Å²) in [6.07, 6.45) is 5.28. The number of ether oxygens (including phenoxy) is 1. The van der Waals surface area contributed by atoms with Gasteiger partial charge in [0.2, 0.25) is 0 Å². The van der Waals surface area contributed by atoms with Gasteiger partial charge in [0, 0.05) is 37.9 Å². The highest BCUT2D eigenvalue weighted by atomic mass is 19.1. The van der Waals surface area contributed by atoms with Crippen molar-refractivity contribution in [3.63, 3.8) is 0 Å². The Kier molecular flexibility index (Phi) is 5.58. The van der Waals surface area contributed by atoms with Gasteiger partial charge in [0.15, 0.2) is 0 Å². The molecule has 0 radical (unpaired) electrons. The van der Waals surface area contributed by atoms with Crippen molar-refractivity contribution in [2.45, 2.75) is 37.6 Å². The van der Waals surface area contributed by atoms with Crippen LogP contribution in [0, 0.1) is 29.0 Å². The van der Waals surface area contributed by atoms with Gasteiger partial charge in [-0.25, -0.2) is 4.39 Å². The number of nitrogens with zero attached hydrogens (tertiary/aromatic N) is 3. The summed E-state index contributed by atoms with van der Waals surface area (Å²) in [5.74, 6) is 2.91. The van der Waals surface area contributed by atoms with E-state index in [1.807, 2.05) is 12.1 Å². The second-order valence-corrected chi connectivity index (χ2v) is 9.39. The van der Waals surface area contributed by atoms with Crippen LogP contribution in [-0.2, 0) is 0 Å². The van der Waals surface area contributed by atoms with Crippen LogP contribution in [0.15, 0.2) is 42.5 Å². The highest BCUT2D eigenvalue weighted by molar-refractivity contribution is 5.50. The first kappa shape index (κ1) is 20.3. The molecule has 0 aromatic heterocycles. The molecular weight excluding hydrogens is 389 g/mol. The van der Waals surface area contributed by atoms with Crippen LogP contribution in [0.3, 0.4) is 0 Å². The molecule has 5 heteroatoms. The van der Waals surface area contributed by atoms with Crippen molar-refractivity contribution in [1.82, 2.24) is 4.90 Å². The number of hydrogen-bond acceptors (Lipinski definition) is 4. The first-order valence-corrected chi connectivity index (χ1v) is 11.5. The molecule has 1 saturated heterocycles. The van der Waals surface area contributed by atoms with Gasteiger partial charge < -0.3 is 9.64 Å². The van der Waals surface area contributed by atoms with Gasteiger partial charge in [-0.05, 0) is 79.3 Å². The minimum Gasteiger partial charge on any atom is -0.497 e. The summed E-state index contributed by atoms with van der Waals surface area (Å²) in [7, 11) is 1.72. The van der Waals surface area contributed by atoms with E-state index in [-0.39, 0.29) is 5.56 Å². The van der Waals surface area contributed by atoms with E-state index in [2.05, 4.69) is 34.1 Å². The second-order valence-electron chi connectivity index (χ2n) is 9.39. The predicted molar refractivity (Wildman–Crippen MR) is 120 cm³/mol. The third kappa shape index (κ3) is 4.02. The Morgan fingerprint density at radius 1 is 0.935 bits per heavy atom. The zero-order valence-electron chi connectivity index (χ0n) is 18.1. The quantitative estimate of drug-likeness (QED) is 0.714. The van der Waals surface area contributed by atoms with Crippen LogP contribution >= 0.6 is 0 Å². The van der Waals surface area contributed by atoms with E-state index < -0.39 is 5.82 Å². The highest BCUT2D eigenvalue weighted by Gasteiger charge is 2.44. The minimum atomic E-state index is -0.419. The molecule has 1 heterocycles. The number of hydrogen-bond donors (Lipinski definition) is 0. The monoisotopic (exact) mass is 419 g/mol. The van der Waals surface area contributed by atoms with E-state index in [1.54, 1.807) is 13.2 Å². The first-order chi connectivity index (χ1) is 15.1. The van der Waals surface area contributed by atoms with Gasteiger partial charge >= 0.3 is 0 Å². The van der Waals surface area contributed by atoms with Gasteiger partial charge in [0.25, 0.3) is 0 Å². The van der Waals surface area contributed by atoms with Crippen molar-refractivity contribution in [3.05, 3.63) is 59.4 Å². The number of fused-ring (bicyclic) bond motifs is 1. The van der Waals surface area contributed by atoms with Crippen molar-refractivity contribution in [1.29, 1.82) is 5.26 Å². The number of nitriles is 1. The molecule has 3 aliphatic rings. The molecule has 0 spiro atoms. The van der Waals surface area contributed by atoms with Crippen LogP contribution in [0.2, 0.25) is 0 Å². The fourth-order valence-corrected chi connectivity index (χ4v) is 6.17. The number of benzene rings is 2. The molecule has 0 N–H and O–H groups in total. The smallest absolute Gasteiger partial charge is 0.143 e. The molecule has 2 unspecified atom stereocenters. The average molecular weight is 420 g/mol. The van der Waals surface area contributed by atoms with Crippen molar-refractivity contribution in [3.8, 4) is 11.8 Å². The molecule has 2 aromatic carbocycles. The summed E-state index contributed by atoms with van der Waals surface area (Å²) in [5.41, 5.74) is 2.48. The fourth-order valence-electron chi connectivity index (χ4n) is 6.17. The fraction of sp³-hybridized carbons (Fsp3) is 0.500. The van der Waals surface area contributed by atoms with E-state index in [0.717, 1.165) is 49.5 Å². The van der Waals surface area contributed by atoms with E-state index in [0.29, 0.717) is 12.0 Å². The average Bonchev–Trinajstić information content (AvgIpc) is 3.39. The van der Waals surface area contributed by atoms with Gasteiger partial charge in [-0.2, -0.15) is 5.26 Å². The maximum absolute atomic E-state index is 14.0. The summed E-state index contributed by atoms with van der Waals surface area (Å²) in [4.78, 5) is 4.91. The molecule has 2 atom stereocenters. The molecule has 1 aliphatic heterocycles. The Balaban J connectivity index is 1.14. The largest absolute Gasteiger partial charge is 0.497 e. The van der Waals surface area contributed by atoms with Crippen molar-refractivity contribution < 1.29 is 9.13 Å². The zero-order chi connectivity index (χ0) is 21.4. The summed E-state index contributed by atoms with van der Waals surface area (Å²) in [6.45, 7) is 3.92. The number of rotatable bonds is 4. The SMILES string of the molecule is COc1ccc(C2CC3CC(N4CCN(c5ccc(C#N)c(F)c5)CC4)CC3C2)cc1. The van der Waals surface area contributed by atoms with Crippen molar-refractivity contribution in [2.75, 3.05) is 38.2 Å². The van der Waals surface area contributed by atoms with Crippen molar-refractivity contribution in [2.24, 2.45) is 11.8 Å². The maximum Gasteiger partial charge on any atom is 0.143 e. The Hall–Kier alpha value is -2.58. The summed E-state index contributed by atoms with van der Waals surface area (Å²) >= 11 is 0. The van der Waals surface area contributed by atoms with Crippen LogP contribution < -0.4 is 9.64 Å². The Morgan fingerprint density at radius 2 is 1.61 bits per heavy atom. The molecule has 4 nitrogen and oxygen atoms in total. The molecule has 3 fully saturated rings. The van der Waals surface area contributed by atoms with Crippen molar-refractivity contribution >= 4 is 5.69 Å². The lowest BCUT2D eigenvalue weighted by molar-refractivity contribution is 0.179. The number of piperazine rings is 1. The van der Waals surface area contributed by atoms with Gasteiger partial charge in [0.05, 0.1) is 12.7 Å². The normalized spacial score (nSPS) is 28.4. The van der Waals surface area contributed by atoms with Crippen LogP contribution in [0.4, 0.5) is 10.1 Å². The molecule has 0 amide bonds. The summed E-state index contributed by atoms with van der Waals surface area (Å²) in [6, 6.07) is 16.2. The van der Waals surface area contributed by atoms with Gasteiger partial charge in [0.1, 0.15) is 17.6 Å². The van der Waals surface area contributed by atoms with Crippen LogP contribution in [0.25, 0.3) is 0 Å². The molecule has 0 bridgehead atoms. The van der Waals surface area contributed by atoms with E-state index >= 15 is 0 Å². The number of methoxy groups -OCH3 is 1. The Labute approximate surface area is 184 Å². The maximum atomic E-state index is 14.0. The second kappa shape index (κ2) is 8.51. The standard InChI is InChI=1S/C26H30FN3O/c1-31-25-6-3-18(4-7-25)20-12-21-14-24(15-22(21)13-20)30-10-8-29(9-11-30)23-5-2-19(17-28)26(27)16-23/h2-7,16,20-22,24H,8-15H2,1H3. The third-order valence-corrected chi connectivity index (χ3v) is 7.85. The topological polar surface area (TPSA) is 39.5 Å². The van der Waals surface area contributed by atoms with E-state index in [9.17, 15) is 4.39 Å². The highest BCUT2D eigenvalue weighted by Crippen LogP contribution is 2.51. The van der Waals surface area contributed by atoms with Gasteiger partial charge in [-0.3, -0.25) is 4.90 Å². The predicted octanol–water partition coefficient (Wildman–Crippen LogP) is 4.80. The molecular formula is C26H30FN3O. The number of halogens is 1. The van der Waals surface area contributed by atoms with E-state index in [4.69, 9.17) is 10.00 Å². The van der Waals surface area contributed by atoms with Crippen LogP contribution in [-0.4, -0.2) is 44.2 Å². The molecule has 2 aromatic rings. The molecule has 31 heavy (non-hydrogen) atoms. The summed E-state index contributed by atoms with van der Waals surface area (Å²) < 4.78 is 19.3. The lowest BCUT2D eigenvalue weighted by Crippen LogP contribution is -2.50. The molecule has 5 rings (SSSR count). The lowest BCUT2D eigenvalue weighted by Gasteiger charge is -2.39. The summed E-state index contributed by atoms with van der Waals surface area (Å²) in [5, 5.41) is 8.93. The minimum absolute atomic E-state index is 0.118. The Bertz CT molecular complexity index is 948. The molecule has 2 aliphatic carbocycles. The zero-order valence-corrected chi connectivity index (χ0v) is 18.1. The Morgan fingerprint density at radius 3 is 2.19 bits per heavy atom. The van der Waals surface area contributed by atoms with Gasteiger partial charge in [-0.1, -0.05) is 12.1 Å². The molecule has 162 valence electrons.